The van der Waals surface area contributed by atoms with Gasteiger partial charge in [0.05, 0.1) is 26.4 Å². The van der Waals surface area contributed by atoms with Crippen molar-refractivity contribution in [3.05, 3.63) is 29.8 Å². The third-order valence-corrected chi connectivity index (χ3v) is 4.30. The Hall–Kier alpha value is -1.14. The molecule has 136 valence electrons. The Balaban J connectivity index is 1.60. The average Bonchev–Trinajstić information content (AvgIpc) is 2.57. The van der Waals surface area contributed by atoms with Gasteiger partial charge in [0.2, 0.25) is 0 Å². The van der Waals surface area contributed by atoms with E-state index in [1.807, 2.05) is 24.3 Å². The van der Waals surface area contributed by atoms with Crippen molar-refractivity contribution >= 4 is 0 Å². The van der Waals surface area contributed by atoms with Crippen molar-refractivity contribution in [2.75, 3.05) is 53.0 Å². The molecule has 0 saturated carbocycles. The van der Waals surface area contributed by atoms with Crippen molar-refractivity contribution in [3.63, 3.8) is 0 Å². The van der Waals surface area contributed by atoms with Crippen LogP contribution in [0.1, 0.15) is 19.4 Å². The first-order valence-electron chi connectivity index (χ1n) is 8.90. The number of nitrogens with zero attached hydrogens (tertiary/aromatic N) is 2. The van der Waals surface area contributed by atoms with Crippen molar-refractivity contribution in [1.29, 1.82) is 0 Å². The Morgan fingerprint density at radius 2 is 1.58 bits per heavy atom. The van der Waals surface area contributed by atoms with Crippen LogP contribution in [0.3, 0.4) is 0 Å². The van der Waals surface area contributed by atoms with Gasteiger partial charge in [-0.2, -0.15) is 0 Å². The number of aliphatic hydroxyl groups is 1. The summed E-state index contributed by atoms with van der Waals surface area (Å²) in [6, 6.07) is 7.82. The molecule has 1 aliphatic rings. The van der Waals surface area contributed by atoms with E-state index in [1.54, 1.807) is 7.11 Å². The van der Waals surface area contributed by atoms with Gasteiger partial charge in [-0.15, -0.1) is 0 Å². The number of hydrogen-bond donors (Lipinski definition) is 1. The van der Waals surface area contributed by atoms with Gasteiger partial charge in [-0.3, -0.25) is 4.90 Å². The van der Waals surface area contributed by atoms with Crippen molar-refractivity contribution in [2.45, 2.75) is 26.6 Å². The number of ether oxygens (including phenoxy) is 2. The molecule has 5 nitrogen and oxygen atoms in total. The summed E-state index contributed by atoms with van der Waals surface area (Å²) >= 11 is 0. The predicted octanol–water partition coefficient (Wildman–Crippen LogP) is 1.85. The van der Waals surface area contributed by atoms with Crippen LogP contribution in [-0.2, 0) is 11.3 Å². The summed E-state index contributed by atoms with van der Waals surface area (Å²) in [5.74, 6) is 1.56. The van der Waals surface area contributed by atoms with Gasteiger partial charge in [-0.05, 0) is 23.6 Å². The molecule has 1 saturated heterocycles. The van der Waals surface area contributed by atoms with Gasteiger partial charge < -0.3 is 19.5 Å². The lowest BCUT2D eigenvalue weighted by atomic mass is 10.2. The number of hydrogen-bond acceptors (Lipinski definition) is 5. The Kier molecular flexibility index (Phi) is 7.99. The molecule has 0 aliphatic carbocycles. The van der Waals surface area contributed by atoms with Gasteiger partial charge in [-0.1, -0.05) is 26.0 Å². The number of methoxy groups -OCH3 is 1. The molecule has 0 spiro atoms. The normalized spacial score (nSPS) is 18.0. The molecule has 1 fully saturated rings. The summed E-state index contributed by atoms with van der Waals surface area (Å²) < 4.78 is 10.8. The molecule has 1 atom stereocenters. The van der Waals surface area contributed by atoms with E-state index < -0.39 is 6.10 Å². The SMILES string of the molecule is COc1ccc(COCC(O)CN2CCN(CC(C)C)CC2)cc1. The van der Waals surface area contributed by atoms with Gasteiger partial charge in [0, 0.05) is 39.3 Å². The van der Waals surface area contributed by atoms with Crippen LogP contribution in [0.2, 0.25) is 0 Å². The second-order valence-corrected chi connectivity index (χ2v) is 7.01. The van der Waals surface area contributed by atoms with Gasteiger partial charge in [0.15, 0.2) is 0 Å². The van der Waals surface area contributed by atoms with Crippen LogP contribution >= 0.6 is 0 Å². The Morgan fingerprint density at radius 1 is 1.00 bits per heavy atom. The molecule has 1 heterocycles. The van der Waals surface area contributed by atoms with Crippen molar-refractivity contribution in [2.24, 2.45) is 5.92 Å². The van der Waals surface area contributed by atoms with E-state index in [0.717, 1.165) is 37.5 Å². The highest BCUT2D eigenvalue weighted by atomic mass is 16.5. The van der Waals surface area contributed by atoms with Gasteiger partial charge >= 0.3 is 0 Å². The molecule has 1 aliphatic heterocycles. The van der Waals surface area contributed by atoms with Crippen LogP contribution in [0.25, 0.3) is 0 Å². The fourth-order valence-corrected chi connectivity index (χ4v) is 3.06. The van der Waals surface area contributed by atoms with Crippen molar-refractivity contribution in [3.8, 4) is 5.75 Å². The standard InChI is InChI=1S/C19H32N2O3/c1-16(2)12-20-8-10-21(11-9-20)13-18(22)15-24-14-17-4-6-19(23-3)7-5-17/h4-7,16,18,22H,8-15H2,1-3H3. The first-order valence-corrected chi connectivity index (χ1v) is 8.90. The average molecular weight is 336 g/mol. The van der Waals surface area contributed by atoms with Crippen molar-refractivity contribution < 1.29 is 14.6 Å². The van der Waals surface area contributed by atoms with Crippen LogP contribution in [0, 0.1) is 5.92 Å². The maximum absolute atomic E-state index is 10.2. The third-order valence-electron chi connectivity index (χ3n) is 4.30. The molecule has 5 heteroatoms. The highest BCUT2D eigenvalue weighted by Gasteiger charge is 2.19. The number of β-amino-alcohol motifs (C(OH)–C–C–N with tert-alkyl or cyclic N) is 1. The van der Waals surface area contributed by atoms with Crippen LogP contribution in [-0.4, -0.2) is 74.0 Å². The number of rotatable bonds is 9. The topological polar surface area (TPSA) is 45.2 Å². The molecular formula is C19H32N2O3. The number of piperazine rings is 1. The number of aliphatic hydroxyl groups excluding tert-OH is 1. The Labute approximate surface area is 146 Å². The van der Waals surface area contributed by atoms with E-state index in [-0.39, 0.29) is 0 Å². The van der Waals surface area contributed by atoms with E-state index in [2.05, 4.69) is 23.6 Å². The highest BCUT2D eigenvalue weighted by molar-refractivity contribution is 5.26. The molecule has 1 aromatic rings. The van der Waals surface area contributed by atoms with Gasteiger partial charge in [0.25, 0.3) is 0 Å². The summed E-state index contributed by atoms with van der Waals surface area (Å²) in [5.41, 5.74) is 1.09. The molecule has 24 heavy (non-hydrogen) atoms. The molecular weight excluding hydrogens is 304 g/mol. The Bertz CT molecular complexity index is 456. The van der Waals surface area contributed by atoms with E-state index in [4.69, 9.17) is 9.47 Å². The van der Waals surface area contributed by atoms with Gasteiger partial charge in [0.1, 0.15) is 5.75 Å². The summed E-state index contributed by atoms with van der Waals surface area (Å²) in [5, 5.41) is 10.2. The number of benzene rings is 1. The summed E-state index contributed by atoms with van der Waals surface area (Å²) in [6.07, 6.45) is -0.431. The molecule has 1 unspecified atom stereocenters. The fraction of sp³-hybridized carbons (Fsp3) is 0.684. The maximum atomic E-state index is 10.2. The first kappa shape index (κ1) is 19.2. The molecule has 0 bridgehead atoms. The van der Waals surface area contributed by atoms with E-state index in [0.29, 0.717) is 25.7 Å². The lowest BCUT2D eigenvalue weighted by Gasteiger charge is -2.36. The van der Waals surface area contributed by atoms with Crippen LogP contribution in [0.5, 0.6) is 5.75 Å². The van der Waals surface area contributed by atoms with Crippen molar-refractivity contribution in [1.82, 2.24) is 9.80 Å². The largest absolute Gasteiger partial charge is 0.497 e. The zero-order valence-corrected chi connectivity index (χ0v) is 15.3. The summed E-state index contributed by atoms with van der Waals surface area (Å²) in [4.78, 5) is 4.84. The molecule has 1 N–H and O–H groups in total. The first-order chi connectivity index (χ1) is 11.6. The predicted molar refractivity (Wildman–Crippen MR) is 96.4 cm³/mol. The molecule has 0 radical (unpaired) electrons. The quantitative estimate of drug-likeness (QED) is 0.746. The minimum atomic E-state index is -0.431. The van der Waals surface area contributed by atoms with E-state index in [1.165, 1.54) is 6.54 Å². The Morgan fingerprint density at radius 3 is 2.12 bits per heavy atom. The summed E-state index contributed by atoms with van der Waals surface area (Å²) in [6.45, 7) is 11.5. The monoisotopic (exact) mass is 336 g/mol. The minimum absolute atomic E-state index is 0.373. The fourth-order valence-electron chi connectivity index (χ4n) is 3.06. The molecule has 1 aromatic carbocycles. The van der Waals surface area contributed by atoms with Crippen LogP contribution in [0.4, 0.5) is 0 Å². The smallest absolute Gasteiger partial charge is 0.118 e. The van der Waals surface area contributed by atoms with Crippen LogP contribution in [0.15, 0.2) is 24.3 Å². The lowest BCUT2D eigenvalue weighted by molar-refractivity contribution is 0.000745. The molecule has 0 amide bonds. The second-order valence-electron chi connectivity index (χ2n) is 7.01. The second kappa shape index (κ2) is 9.99. The summed E-state index contributed by atoms with van der Waals surface area (Å²) in [7, 11) is 1.66. The van der Waals surface area contributed by atoms with E-state index >= 15 is 0 Å². The zero-order chi connectivity index (χ0) is 17.4. The molecule has 0 aromatic heterocycles. The minimum Gasteiger partial charge on any atom is -0.497 e. The van der Waals surface area contributed by atoms with Gasteiger partial charge in [-0.25, -0.2) is 0 Å². The molecule has 2 rings (SSSR count). The van der Waals surface area contributed by atoms with Crippen LogP contribution < -0.4 is 4.74 Å². The van der Waals surface area contributed by atoms with E-state index in [9.17, 15) is 5.11 Å². The highest BCUT2D eigenvalue weighted by Crippen LogP contribution is 2.12. The zero-order valence-electron chi connectivity index (χ0n) is 15.3. The maximum Gasteiger partial charge on any atom is 0.118 e. The lowest BCUT2D eigenvalue weighted by Crippen LogP contribution is -2.49. The third kappa shape index (κ3) is 6.77.